The Bertz CT molecular complexity index is 584. The Morgan fingerprint density at radius 3 is 1.83 bits per heavy atom. The number of nitrogens with two attached hydrogens (primary N) is 1. The molecule has 1 aromatic carbocycles. The molecule has 0 unspecified atom stereocenters. The van der Waals surface area contributed by atoms with Crippen LogP contribution >= 0.6 is 0 Å². The molecule has 1 rings (SSSR count). The second-order valence-corrected chi connectivity index (χ2v) is 7.73. The minimum absolute atomic E-state index is 0.0515. The number of nitrogen functional groups attached to an aromatic ring is 1. The van der Waals surface area contributed by atoms with Gasteiger partial charge in [-0.25, -0.2) is 14.5 Å². The Morgan fingerprint density at radius 2 is 1.46 bits per heavy atom. The van der Waals surface area contributed by atoms with E-state index in [4.69, 9.17) is 15.2 Å². The van der Waals surface area contributed by atoms with Crippen LogP contribution < -0.4 is 5.73 Å². The highest BCUT2D eigenvalue weighted by Gasteiger charge is 2.31. The molecule has 1 aromatic rings. The summed E-state index contributed by atoms with van der Waals surface area (Å²) in [6.07, 6.45) is -1.49. The Labute approximate surface area is 143 Å². The third-order valence-corrected chi connectivity index (χ3v) is 2.92. The quantitative estimate of drug-likeness (QED) is 0.816. The Morgan fingerprint density at radius 1 is 1.00 bits per heavy atom. The zero-order chi connectivity index (χ0) is 18.7. The number of carbonyl (C=O) groups excluding carboxylic acids is 2. The van der Waals surface area contributed by atoms with Crippen molar-refractivity contribution in [2.24, 2.45) is 0 Å². The predicted molar refractivity (Wildman–Crippen MR) is 93.6 cm³/mol. The van der Waals surface area contributed by atoms with Crippen molar-refractivity contribution in [1.29, 1.82) is 0 Å². The number of rotatable bonds is 2. The maximum atomic E-state index is 12.4. The van der Waals surface area contributed by atoms with Gasteiger partial charge < -0.3 is 15.2 Å². The monoisotopic (exact) mass is 336 g/mol. The SMILES string of the molecule is Cc1cc(N)ccc1CN(C(=O)OC(C)(C)C)C(=O)OC(C)(C)C. The second-order valence-electron chi connectivity index (χ2n) is 7.73. The van der Waals surface area contributed by atoms with Crippen molar-refractivity contribution in [1.82, 2.24) is 4.90 Å². The fraction of sp³-hybridized carbons (Fsp3) is 0.556. The molecular weight excluding hydrogens is 308 g/mol. The summed E-state index contributed by atoms with van der Waals surface area (Å²) in [4.78, 5) is 25.9. The Hall–Kier alpha value is -2.24. The lowest BCUT2D eigenvalue weighted by atomic mass is 10.1. The largest absolute Gasteiger partial charge is 0.443 e. The fourth-order valence-electron chi connectivity index (χ4n) is 1.90. The smallest absolute Gasteiger partial charge is 0.420 e. The molecule has 0 aliphatic heterocycles. The third-order valence-electron chi connectivity index (χ3n) is 2.92. The topological polar surface area (TPSA) is 81.9 Å². The number of carbonyl (C=O) groups is 2. The van der Waals surface area contributed by atoms with E-state index in [0.29, 0.717) is 5.69 Å². The van der Waals surface area contributed by atoms with Crippen LogP contribution in [0.2, 0.25) is 0 Å². The van der Waals surface area contributed by atoms with Gasteiger partial charge in [0.25, 0.3) is 0 Å². The first-order chi connectivity index (χ1) is 10.8. The van der Waals surface area contributed by atoms with Crippen LogP contribution in [0.5, 0.6) is 0 Å². The van der Waals surface area contributed by atoms with Crippen molar-refractivity contribution in [2.75, 3.05) is 5.73 Å². The average Bonchev–Trinajstić information content (AvgIpc) is 2.33. The van der Waals surface area contributed by atoms with E-state index in [1.54, 1.807) is 59.7 Å². The minimum atomic E-state index is -0.743. The zero-order valence-electron chi connectivity index (χ0n) is 15.6. The number of benzene rings is 1. The molecule has 24 heavy (non-hydrogen) atoms. The lowest BCUT2D eigenvalue weighted by Gasteiger charge is -2.29. The predicted octanol–water partition coefficient (Wildman–Crippen LogP) is 4.25. The van der Waals surface area contributed by atoms with Crippen molar-refractivity contribution in [3.63, 3.8) is 0 Å². The number of hydrogen-bond donors (Lipinski definition) is 1. The fourth-order valence-corrected chi connectivity index (χ4v) is 1.90. The zero-order valence-corrected chi connectivity index (χ0v) is 15.6. The van der Waals surface area contributed by atoms with Crippen molar-refractivity contribution >= 4 is 17.9 Å². The summed E-state index contributed by atoms with van der Waals surface area (Å²) in [5.74, 6) is 0. The number of imide groups is 1. The highest BCUT2D eigenvalue weighted by atomic mass is 16.6. The molecule has 0 heterocycles. The highest BCUT2D eigenvalue weighted by Crippen LogP contribution is 2.19. The van der Waals surface area contributed by atoms with Crippen molar-refractivity contribution < 1.29 is 19.1 Å². The first-order valence-corrected chi connectivity index (χ1v) is 7.87. The van der Waals surface area contributed by atoms with Gasteiger partial charge in [0.2, 0.25) is 0 Å². The third kappa shape index (κ3) is 6.48. The van der Waals surface area contributed by atoms with Crippen LogP contribution in [-0.2, 0) is 16.0 Å². The lowest BCUT2D eigenvalue weighted by molar-refractivity contribution is -0.000261. The van der Waals surface area contributed by atoms with E-state index < -0.39 is 23.4 Å². The number of amides is 2. The van der Waals surface area contributed by atoms with Gasteiger partial charge in [-0.3, -0.25) is 0 Å². The highest BCUT2D eigenvalue weighted by molar-refractivity contribution is 5.88. The molecule has 0 bridgehead atoms. The maximum absolute atomic E-state index is 12.4. The number of anilines is 1. The van der Waals surface area contributed by atoms with E-state index in [2.05, 4.69) is 0 Å². The number of hydrogen-bond acceptors (Lipinski definition) is 5. The van der Waals surface area contributed by atoms with Crippen LogP contribution in [0, 0.1) is 6.92 Å². The Kier molecular flexibility index (Phi) is 5.87. The molecule has 6 heteroatoms. The molecule has 0 radical (unpaired) electrons. The van der Waals surface area contributed by atoms with Gasteiger partial charge in [0.15, 0.2) is 0 Å². The molecule has 0 aliphatic carbocycles. The van der Waals surface area contributed by atoms with Gasteiger partial charge in [-0.05, 0) is 71.7 Å². The molecular formula is C18H28N2O4. The molecule has 0 atom stereocenters. The summed E-state index contributed by atoms with van der Waals surface area (Å²) in [5, 5.41) is 0. The van der Waals surface area contributed by atoms with Crippen LogP contribution in [0.1, 0.15) is 52.7 Å². The number of nitrogens with zero attached hydrogens (tertiary/aromatic N) is 1. The van der Waals surface area contributed by atoms with Gasteiger partial charge in [-0.15, -0.1) is 0 Å². The van der Waals surface area contributed by atoms with E-state index >= 15 is 0 Å². The Balaban J connectivity index is 3.08. The van der Waals surface area contributed by atoms with Crippen molar-refractivity contribution in [2.45, 2.75) is 66.2 Å². The maximum Gasteiger partial charge on any atom is 0.420 e. The van der Waals surface area contributed by atoms with Crippen LogP contribution in [0.15, 0.2) is 18.2 Å². The number of aryl methyl sites for hydroxylation is 1. The van der Waals surface area contributed by atoms with Gasteiger partial charge in [-0.2, -0.15) is 0 Å². The molecule has 0 spiro atoms. The van der Waals surface area contributed by atoms with Gasteiger partial charge >= 0.3 is 12.2 Å². The van der Waals surface area contributed by atoms with E-state index in [-0.39, 0.29) is 6.54 Å². The molecule has 2 amide bonds. The van der Waals surface area contributed by atoms with Gasteiger partial charge in [0.1, 0.15) is 11.2 Å². The molecule has 6 nitrogen and oxygen atoms in total. The summed E-state index contributed by atoms with van der Waals surface area (Å²) in [5.41, 5.74) is 6.61. The number of ether oxygens (including phenoxy) is 2. The average molecular weight is 336 g/mol. The van der Waals surface area contributed by atoms with Gasteiger partial charge in [0.05, 0.1) is 6.54 Å². The van der Waals surface area contributed by atoms with Crippen LogP contribution in [0.4, 0.5) is 15.3 Å². The van der Waals surface area contributed by atoms with E-state index in [1.165, 1.54) is 0 Å². The molecule has 0 aliphatic rings. The minimum Gasteiger partial charge on any atom is -0.443 e. The summed E-state index contributed by atoms with van der Waals surface area (Å²) in [7, 11) is 0. The molecule has 0 aromatic heterocycles. The van der Waals surface area contributed by atoms with E-state index in [1.807, 2.05) is 6.92 Å². The van der Waals surface area contributed by atoms with Crippen molar-refractivity contribution in [3.05, 3.63) is 29.3 Å². The van der Waals surface area contributed by atoms with Crippen molar-refractivity contribution in [3.8, 4) is 0 Å². The standard InChI is InChI=1S/C18H28N2O4/c1-12-10-14(19)9-8-13(12)11-20(15(21)23-17(2,3)4)16(22)24-18(5,6)7/h8-10H,11,19H2,1-7H3. The van der Waals surface area contributed by atoms with E-state index in [9.17, 15) is 9.59 Å². The van der Waals surface area contributed by atoms with Gasteiger partial charge in [-0.1, -0.05) is 6.07 Å². The summed E-state index contributed by atoms with van der Waals surface area (Å²) in [6, 6.07) is 5.30. The normalized spacial score (nSPS) is 11.8. The van der Waals surface area contributed by atoms with Crippen LogP contribution in [0.25, 0.3) is 0 Å². The van der Waals surface area contributed by atoms with E-state index in [0.717, 1.165) is 16.0 Å². The molecule has 2 N–H and O–H groups in total. The molecule has 134 valence electrons. The first kappa shape index (κ1) is 19.8. The second kappa shape index (κ2) is 7.11. The molecule has 0 saturated heterocycles. The summed E-state index contributed by atoms with van der Waals surface area (Å²) < 4.78 is 10.7. The molecule has 0 saturated carbocycles. The lowest BCUT2D eigenvalue weighted by Crippen LogP contribution is -2.43. The van der Waals surface area contributed by atoms with Gasteiger partial charge in [0, 0.05) is 5.69 Å². The van der Waals surface area contributed by atoms with Crippen LogP contribution in [-0.4, -0.2) is 28.3 Å². The summed E-state index contributed by atoms with van der Waals surface area (Å²) >= 11 is 0. The van der Waals surface area contributed by atoms with Crippen LogP contribution in [0.3, 0.4) is 0 Å². The summed E-state index contributed by atoms with van der Waals surface area (Å²) in [6.45, 7) is 12.4. The molecule has 0 fully saturated rings. The first-order valence-electron chi connectivity index (χ1n) is 7.87.